The van der Waals surface area contributed by atoms with Crippen molar-refractivity contribution >= 4 is 0 Å². The molecule has 0 spiro atoms. The number of rotatable bonds is 4. The van der Waals surface area contributed by atoms with E-state index in [1.165, 1.54) is 5.56 Å². The van der Waals surface area contributed by atoms with Gasteiger partial charge in [0.2, 0.25) is 0 Å². The third kappa shape index (κ3) is 2.72. The van der Waals surface area contributed by atoms with Gasteiger partial charge in [-0.1, -0.05) is 35.5 Å². The Hall–Kier alpha value is -1.76. The van der Waals surface area contributed by atoms with Gasteiger partial charge in [-0.2, -0.15) is 5.06 Å². The van der Waals surface area contributed by atoms with E-state index in [1.807, 2.05) is 31.4 Å². The number of likely N-dealkylation sites (N-methyl/N-ethyl adjacent to an activating group) is 1. The fraction of sp³-hybridized carbons (Fsp3) is 0.429. The average molecular weight is 274 g/mol. The van der Waals surface area contributed by atoms with Gasteiger partial charge >= 0.3 is 0 Å². The number of benzene rings is 1. The van der Waals surface area contributed by atoms with Crippen LogP contribution in [0.5, 0.6) is 0 Å². The van der Waals surface area contributed by atoms with Gasteiger partial charge in [0, 0.05) is 13.5 Å². The standard InChI is InChI=1S/C14H18N4O2/c1-17-12(10-19)7-14(20-17)13-9-18(16-15-13)8-11-5-3-2-4-6-11/h2-6,9,12,14,19H,7-8,10H2,1H3/t12-,14+/m1/s1. The van der Waals surface area contributed by atoms with Crippen molar-refractivity contribution in [2.75, 3.05) is 13.7 Å². The van der Waals surface area contributed by atoms with Gasteiger partial charge in [0.25, 0.3) is 0 Å². The van der Waals surface area contributed by atoms with Gasteiger partial charge in [0.05, 0.1) is 25.4 Å². The second-order valence-corrected chi connectivity index (χ2v) is 5.04. The molecule has 0 aliphatic carbocycles. The summed E-state index contributed by atoms with van der Waals surface area (Å²) in [5, 5.41) is 19.2. The Morgan fingerprint density at radius 3 is 2.85 bits per heavy atom. The molecule has 0 bridgehead atoms. The van der Waals surface area contributed by atoms with E-state index in [4.69, 9.17) is 4.84 Å². The lowest BCUT2D eigenvalue weighted by Gasteiger charge is -2.13. The molecule has 20 heavy (non-hydrogen) atoms. The fourth-order valence-electron chi connectivity index (χ4n) is 2.40. The van der Waals surface area contributed by atoms with Gasteiger partial charge in [-0.25, -0.2) is 4.68 Å². The summed E-state index contributed by atoms with van der Waals surface area (Å²) < 4.78 is 1.81. The van der Waals surface area contributed by atoms with E-state index in [1.54, 1.807) is 9.75 Å². The molecule has 1 aromatic heterocycles. The maximum absolute atomic E-state index is 9.24. The summed E-state index contributed by atoms with van der Waals surface area (Å²) >= 11 is 0. The molecule has 1 N–H and O–H groups in total. The minimum atomic E-state index is -0.123. The van der Waals surface area contributed by atoms with E-state index in [0.29, 0.717) is 6.54 Å². The molecule has 0 unspecified atom stereocenters. The van der Waals surface area contributed by atoms with E-state index < -0.39 is 0 Å². The Morgan fingerprint density at radius 1 is 1.35 bits per heavy atom. The molecule has 0 saturated carbocycles. The number of aliphatic hydroxyl groups excluding tert-OH is 1. The Bertz CT molecular complexity index is 557. The summed E-state index contributed by atoms with van der Waals surface area (Å²) in [6, 6.07) is 10.2. The maximum atomic E-state index is 9.24. The van der Waals surface area contributed by atoms with Crippen molar-refractivity contribution in [1.82, 2.24) is 20.1 Å². The lowest BCUT2D eigenvalue weighted by atomic mass is 10.1. The van der Waals surface area contributed by atoms with Gasteiger partial charge < -0.3 is 5.11 Å². The number of aromatic nitrogens is 3. The number of hydrogen-bond acceptors (Lipinski definition) is 5. The monoisotopic (exact) mass is 274 g/mol. The number of nitrogens with zero attached hydrogens (tertiary/aromatic N) is 4. The molecule has 6 nitrogen and oxygen atoms in total. The molecule has 1 aromatic carbocycles. The summed E-state index contributed by atoms with van der Waals surface area (Å²) in [6.07, 6.45) is 2.52. The van der Waals surface area contributed by atoms with Crippen LogP contribution in [-0.4, -0.2) is 44.9 Å². The second kappa shape index (κ2) is 5.70. The lowest BCUT2D eigenvalue weighted by molar-refractivity contribution is -0.150. The first-order valence-corrected chi connectivity index (χ1v) is 6.70. The molecule has 2 heterocycles. The first-order chi connectivity index (χ1) is 9.76. The van der Waals surface area contributed by atoms with Gasteiger partial charge in [-0.05, 0) is 5.56 Å². The number of aliphatic hydroxyl groups is 1. The van der Waals surface area contributed by atoms with E-state index >= 15 is 0 Å². The minimum absolute atomic E-state index is 0.0271. The average Bonchev–Trinajstić information content (AvgIpc) is 3.06. The summed E-state index contributed by atoms with van der Waals surface area (Å²) in [4.78, 5) is 5.67. The third-order valence-electron chi connectivity index (χ3n) is 3.58. The molecule has 106 valence electrons. The molecule has 6 heteroatoms. The van der Waals surface area contributed by atoms with Crippen LogP contribution in [0.25, 0.3) is 0 Å². The van der Waals surface area contributed by atoms with E-state index in [2.05, 4.69) is 22.4 Å². The molecule has 1 saturated heterocycles. The molecule has 2 aromatic rings. The predicted molar refractivity (Wildman–Crippen MR) is 72.6 cm³/mol. The SMILES string of the molecule is CN1O[C@H](c2cn(Cc3ccccc3)nn2)C[C@@H]1CO. The summed E-state index contributed by atoms with van der Waals surface area (Å²) in [5.74, 6) is 0. The van der Waals surface area contributed by atoms with Crippen LogP contribution < -0.4 is 0 Å². The molecule has 1 aliphatic heterocycles. The van der Waals surface area contributed by atoms with Crippen LogP contribution in [0.15, 0.2) is 36.5 Å². The van der Waals surface area contributed by atoms with Gasteiger partial charge in [0.15, 0.2) is 0 Å². The number of hydrogen-bond donors (Lipinski definition) is 1. The number of hydroxylamine groups is 2. The van der Waals surface area contributed by atoms with Crippen molar-refractivity contribution < 1.29 is 9.94 Å². The van der Waals surface area contributed by atoms with Gasteiger partial charge in [-0.15, -0.1) is 5.10 Å². The van der Waals surface area contributed by atoms with Crippen LogP contribution >= 0.6 is 0 Å². The van der Waals surface area contributed by atoms with E-state index in [0.717, 1.165) is 12.1 Å². The Labute approximate surface area is 117 Å². The normalized spacial score (nSPS) is 23.3. The van der Waals surface area contributed by atoms with Crippen molar-refractivity contribution in [3.8, 4) is 0 Å². The summed E-state index contributed by atoms with van der Waals surface area (Å²) in [7, 11) is 1.83. The molecule has 0 amide bonds. The second-order valence-electron chi connectivity index (χ2n) is 5.04. The van der Waals surface area contributed by atoms with Crippen LogP contribution in [0.4, 0.5) is 0 Å². The van der Waals surface area contributed by atoms with Crippen molar-refractivity contribution in [2.24, 2.45) is 0 Å². The van der Waals surface area contributed by atoms with E-state index in [9.17, 15) is 5.11 Å². The Morgan fingerprint density at radius 2 is 2.15 bits per heavy atom. The van der Waals surface area contributed by atoms with Crippen molar-refractivity contribution in [1.29, 1.82) is 0 Å². The molecule has 1 aliphatic rings. The van der Waals surface area contributed by atoms with Gasteiger partial charge in [0.1, 0.15) is 11.8 Å². The first-order valence-electron chi connectivity index (χ1n) is 6.70. The van der Waals surface area contributed by atoms with Crippen LogP contribution in [0.3, 0.4) is 0 Å². The van der Waals surface area contributed by atoms with Crippen molar-refractivity contribution in [3.05, 3.63) is 47.8 Å². The highest BCUT2D eigenvalue weighted by Crippen LogP contribution is 2.30. The summed E-state index contributed by atoms with van der Waals surface area (Å²) in [5.41, 5.74) is 1.99. The molecular weight excluding hydrogens is 256 g/mol. The highest BCUT2D eigenvalue weighted by molar-refractivity contribution is 5.15. The topological polar surface area (TPSA) is 63.4 Å². The molecule has 1 fully saturated rings. The molecular formula is C14H18N4O2. The zero-order valence-corrected chi connectivity index (χ0v) is 11.4. The third-order valence-corrected chi connectivity index (χ3v) is 3.58. The first kappa shape index (κ1) is 13.2. The highest BCUT2D eigenvalue weighted by atomic mass is 16.7. The Kier molecular flexibility index (Phi) is 3.77. The Balaban J connectivity index is 1.68. The van der Waals surface area contributed by atoms with Crippen LogP contribution in [-0.2, 0) is 11.4 Å². The van der Waals surface area contributed by atoms with Crippen LogP contribution in [0, 0.1) is 0 Å². The van der Waals surface area contributed by atoms with Crippen molar-refractivity contribution in [3.63, 3.8) is 0 Å². The van der Waals surface area contributed by atoms with Crippen molar-refractivity contribution in [2.45, 2.75) is 25.1 Å². The smallest absolute Gasteiger partial charge is 0.126 e. The van der Waals surface area contributed by atoms with Crippen LogP contribution in [0.1, 0.15) is 23.8 Å². The molecule has 0 radical (unpaired) electrons. The lowest BCUT2D eigenvalue weighted by Crippen LogP contribution is -2.26. The minimum Gasteiger partial charge on any atom is -0.395 e. The van der Waals surface area contributed by atoms with Crippen LogP contribution in [0.2, 0.25) is 0 Å². The maximum Gasteiger partial charge on any atom is 0.126 e. The predicted octanol–water partition coefficient (Wildman–Crippen LogP) is 0.995. The van der Waals surface area contributed by atoms with Gasteiger partial charge in [-0.3, -0.25) is 4.84 Å². The largest absolute Gasteiger partial charge is 0.395 e. The molecule has 2 atom stereocenters. The quantitative estimate of drug-likeness (QED) is 0.901. The molecule has 3 rings (SSSR count). The highest BCUT2D eigenvalue weighted by Gasteiger charge is 2.33. The van der Waals surface area contributed by atoms with E-state index in [-0.39, 0.29) is 18.8 Å². The fourth-order valence-corrected chi connectivity index (χ4v) is 2.40. The zero-order valence-electron chi connectivity index (χ0n) is 11.4. The summed E-state index contributed by atoms with van der Waals surface area (Å²) in [6.45, 7) is 0.783. The zero-order chi connectivity index (χ0) is 13.9.